The number of anilines is 2. The molecule has 2 rings (SSSR count). The van der Waals surface area contributed by atoms with Crippen LogP contribution in [0.4, 0.5) is 11.6 Å². The molecule has 1 unspecified atom stereocenters. The first-order valence-electron chi connectivity index (χ1n) is 7.01. The Hall–Kier alpha value is -1.32. The number of nitrogens with one attached hydrogen (secondary N) is 1. The summed E-state index contributed by atoms with van der Waals surface area (Å²) < 4.78 is 0. The molecule has 0 aromatic carbocycles. The fourth-order valence-electron chi connectivity index (χ4n) is 2.67. The second-order valence-corrected chi connectivity index (χ2v) is 5.33. The second-order valence-electron chi connectivity index (χ2n) is 5.33. The van der Waals surface area contributed by atoms with Crippen molar-refractivity contribution in [2.24, 2.45) is 5.92 Å². The minimum absolute atomic E-state index is 0.463. The lowest BCUT2D eigenvalue weighted by Crippen LogP contribution is -2.25. The lowest BCUT2D eigenvalue weighted by Gasteiger charge is -2.22. The Bertz CT molecular complexity index is 411. The van der Waals surface area contributed by atoms with Crippen molar-refractivity contribution < 1.29 is 0 Å². The summed E-state index contributed by atoms with van der Waals surface area (Å²) in [7, 11) is 0. The molecule has 0 saturated heterocycles. The molecule has 18 heavy (non-hydrogen) atoms. The number of hydrogen-bond acceptors (Lipinski definition) is 4. The van der Waals surface area contributed by atoms with Crippen molar-refractivity contribution in [1.29, 1.82) is 0 Å². The highest BCUT2D eigenvalue weighted by Gasteiger charge is 2.22. The van der Waals surface area contributed by atoms with E-state index in [1.807, 2.05) is 13.8 Å². The fourth-order valence-corrected chi connectivity index (χ4v) is 2.67. The summed E-state index contributed by atoms with van der Waals surface area (Å²) >= 11 is 0. The van der Waals surface area contributed by atoms with E-state index in [1.54, 1.807) is 0 Å². The van der Waals surface area contributed by atoms with E-state index in [0.717, 1.165) is 29.5 Å². The van der Waals surface area contributed by atoms with Crippen LogP contribution in [0.5, 0.6) is 0 Å². The van der Waals surface area contributed by atoms with Crippen LogP contribution in [-0.4, -0.2) is 16.0 Å². The molecule has 1 atom stereocenters. The molecule has 1 saturated carbocycles. The quantitative estimate of drug-likeness (QED) is 0.860. The Labute approximate surface area is 109 Å². The van der Waals surface area contributed by atoms with Gasteiger partial charge in [0.15, 0.2) is 0 Å². The molecule has 0 radical (unpaired) electrons. The molecule has 1 aliphatic rings. The van der Waals surface area contributed by atoms with Crippen molar-refractivity contribution in [2.75, 3.05) is 11.1 Å². The molecule has 0 spiro atoms. The van der Waals surface area contributed by atoms with Crippen LogP contribution >= 0.6 is 0 Å². The van der Waals surface area contributed by atoms with E-state index < -0.39 is 0 Å². The monoisotopic (exact) mass is 248 g/mol. The molecule has 1 aromatic rings. The fraction of sp³-hybridized carbons (Fsp3) is 0.714. The van der Waals surface area contributed by atoms with Gasteiger partial charge in [-0.05, 0) is 32.6 Å². The molecule has 0 bridgehead atoms. The van der Waals surface area contributed by atoms with Crippen molar-refractivity contribution in [1.82, 2.24) is 9.97 Å². The van der Waals surface area contributed by atoms with Gasteiger partial charge < -0.3 is 11.1 Å². The average molecular weight is 248 g/mol. The maximum absolute atomic E-state index is 5.94. The Morgan fingerprint density at radius 2 is 2.00 bits per heavy atom. The van der Waals surface area contributed by atoms with Gasteiger partial charge in [0.2, 0.25) is 0 Å². The minimum Gasteiger partial charge on any atom is -0.383 e. The summed E-state index contributed by atoms with van der Waals surface area (Å²) in [5.74, 6) is 3.10. The zero-order chi connectivity index (χ0) is 13.1. The molecular formula is C14H24N4. The van der Waals surface area contributed by atoms with Crippen LogP contribution < -0.4 is 11.1 Å². The lowest BCUT2D eigenvalue weighted by atomic mass is 10.00. The van der Waals surface area contributed by atoms with Gasteiger partial charge in [-0.1, -0.05) is 19.8 Å². The topological polar surface area (TPSA) is 63.8 Å². The molecule has 1 aliphatic carbocycles. The molecule has 0 aliphatic heterocycles. The SMILES string of the molecule is CCc1nc(N)c(C)c(NC(C)C2CCCC2)n1. The summed E-state index contributed by atoms with van der Waals surface area (Å²) in [6.07, 6.45) is 6.20. The number of aryl methyl sites for hydroxylation is 1. The zero-order valence-corrected chi connectivity index (χ0v) is 11.7. The predicted octanol–water partition coefficient (Wildman–Crippen LogP) is 2.92. The number of nitrogens with zero attached hydrogens (tertiary/aromatic N) is 2. The molecule has 3 N–H and O–H groups in total. The minimum atomic E-state index is 0.463. The van der Waals surface area contributed by atoms with Crippen LogP contribution in [0.25, 0.3) is 0 Å². The smallest absolute Gasteiger partial charge is 0.134 e. The van der Waals surface area contributed by atoms with Crippen molar-refractivity contribution in [3.8, 4) is 0 Å². The summed E-state index contributed by atoms with van der Waals surface area (Å²) in [6.45, 7) is 6.28. The molecular weight excluding hydrogens is 224 g/mol. The molecule has 4 nitrogen and oxygen atoms in total. The van der Waals surface area contributed by atoms with Crippen LogP contribution in [0.15, 0.2) is 0 Å². The maximum atomic E-state index is 5.94. The van der Waals surface area contributed by atoms with E-state index in [2.05, 4.69) is 22.2 Å². The van der Waals surface area contributed by atoms with Gasteiger partial charge in [0.1, 0.15) is 17.5 Å². The first-order chi connectivity index (χ1) is 8.61. The molecule has 0 amide bonds. The van der Waals surface area contributed by atoms with Gasteiger partial charge in [-0.15, -0.1) is 0 Å². The van der Waals surface area contributed by atoms with Gasteiger partial charge in [0.05, 0.1) is 0 Å². The Morgan fingerprint density at radius 1 is 1.33 bits per heavy atom. The highest BCUT2D eigenvalue weighted by Crippen LogP contribution is 2.29. The van der Waals surface area contributed by atoms with Gasteiger partial charge in [0.25, 0.3) is 0 Å². The van der Waals surface area contributed by atoms with E-state index in [1.165, 1.54) is 25.7 Å². The average Bonchev–Trinajstić information content (AvgIpc) is 2.88. The first-order valence-corrected chi connectivity index (χ1v) is 7.01. The number of hydrogen-bond donors (Lipinski definition) is 2. The van der Waals surface area contributed by atoms with Crippen LogP contribution in [0.1, 0.15) is 50.9 Å². The molecule has 1 fully saturated rings. The van der Waals surface area contributed by atoms with Gasteiger partial charge in [-0.3, -0.25) is 0 Å². The van der Waals surface area contributed by atoms with Crippen LogP contribution in [0, 0.1) is 12.8 Å². The van der Waals surface area contributed by atoms with E-state index in [4.69, 9.17) is 5.73 Å². The summed E-state index contributed by atoms with van der Waals surface area (Å²) in [5, 5.41) is 3.54. The standard InChI is InChI=1S/C14H24N4/c1-4-12-17-13(15)9(2)14(18-12)16-10(3)11-7-5-6-8-11/h10-11H,4-8H2,1-3H3,(H3,15,16,17,18). The Kier molecular flexibility index (Phi) is 4.04. The lowest BCUT2D eigenvalue weighted by molar-refractivity contribution is 0.480. The third-order valence-electron chi connectivity index (χ3n) is 4.02. The van der Waals surface area contributed by atoms with Gasteiger partial charge in [-0.25, -0.2) is 9.97 Å². The Balaban J connectivity index is 2.14. The Morgan fingerprint density at radius 3 is 2.61 bits per heavy atom. The molecule has 4 heteroatoms. The highest BCUT2D eigenvalue weighted by molar-refractivity contribution is 5.55. The second kappa shape index (κ2) is 5.55. The van der Waals surface area contributed by atoms with E-state index in [9.17, 15) is 0 Å². The third kappa shape index (κ3) is 2.74. The summed E-state index contributed by atoms with van der Waals surface area (Å²) in [4.78, 5) is 8.84. The molecule has 1 heterocycles. The highest BCUT2D eigenvalue weighted by atomic mass is 15.1. The molecule has 1 aromatic heterocycles. The normalized spacial score (nSPS) is 17.9. The maximum Gasteiger partial charge on any atom is 0.134 e. The largest absolute Gasteiger partial charge is 0.383 e. The van der Waals surface area contributed by atoms with Crippen LogP contribution in [-0.2, 0) is 6.42 Å². The number of rotatable bonds is 4. The van der Waals surface area contributed by atoms with Crippen LogP contribution in [0.2, 0.25) is 0 Å². The number of aromatic nitrogens is 2. The van der Waals surface area contributed by atoms with Gasteiger partial charge in [-0.2, -0.15) is 0 Å². The van der Waals surface area contributed by atoms with Crippen molar-refractivity contribution >= 4 is 11.6 Å². The van der Waals surface area contributed by atoms with Gasteiger partial charge in [0, 0.05) is 18.0 Å². The van der Waals surface area contributed by atoms with E-state index in [-0.39, 0.29) is 0 Å². The van der Waals surface area contributed by atoms with Crippen molar-refractivity contribution in [3.63, 3.8) is 0 Å². The first kappa shape index (κ1) is 13.1. The third-order valence-corrected chi connectivity index (χ3v) is 4.02. The van der Waals surface area contributed by atoms with Crippen LogP contribution in [0.3, 0.4) is 0 Å². The van der Waals surface area contributed by atoms with E-state index >= 15 is 0 Å². The number of nitrogens with two attached hydrogens (primary N) is 1. The molecule has 100 valence electrons. The van der Waals surface area contributed by atoms with Crippen molar-refractivity contribution in [3.05, 3.63) is 11.4 Å². The van der Waals surface area contributed by atoms with E-state index in [0.29, 0.717) is 11.9 Å². The zero-order valence-electron chi connectivity index (χ0n) is 11.7. The summed E-state index contributed by atoms with van der Waals surface area (Å²) in [5.41, 5.74) is 6.90. The predicted molar refractivity (Wildman–Crippen MR) is 75.6 cm³/mol. The van der Waals surface area contributed by atoms with Gasteiger partial charge >= 0.3 is 0 Å². The number of nitrogen functional groups attached to an aromatic ring is 1. The summed E-state index contributed by atoms with van der Waals surface area (Å²) in [6, 6.07) is 0.463. The van der Waals surface area contributed by atoms with Crippen molar-refractivity contribution in [2.45, 2.75) is 58.9 Å².